The van der Waals surface area contributed by atoms with Gasteiger partial charge in [-0.3, -0.25) is 67.0 Å². The van der Waals surface area contributed by atoms with E-state index in [1.807, 2.05) is 0 Å². The van der Waals surface area contributed by atoms with Gasteiger partial charge >= 0.3 is 5.97 Å². The van der Waals surface area contributed by atoms with Crippen LogP contribution in [0, 0.1) is 5.92 Å². The number of nitrogens with two attached hydrogens (primary N) is 1. The molecule has 4 bridgehead atoms. The summed E-state index contributed by atoms with van der Waals surface area (Å²) in [6.45, 7) is 7.22. The molecule has 1 aromatic carbocycles. The molecule has 0 spiro atoms. The molecule has 6 rings (SSSR count). The minimum absolute atomic E-state index is 0.0115. The van der Waals surface area contributed by atoms with Gasteiger partial charge in [-0.05, 0) is 89.8 Å². The molecule has 4 aromatic rings. The Balaban J connectivity index is 1.46. The quantitative estimate of drug-likeness (QED) is 0.0487. The standard InChI is InChI=1S/C61H89N19O15S2/c1-7-12-39-54(88)72-40-15-10-11-20-80-27-35(78-79-80)16-17-42(57(91)75-45(23-36-25-64-30-67-36)59(93)73-43(21-31(2)3)53(87)66-26-48(82)69-41(56(90)71-39)18-19-49(83)84)70-52(86)32(4)68-60(94)46(63-6)28-96-97-29-47(61(95)77-50(33(5)81)51(62)85)76-58(92)44(74-55(40)89)22-34-24-65-38-14-9-8-13-37(34)38/h8-9,13-14,24-25,27,30-33,39-47,50,63,65,81H,7,10-12,15-23,26,28-29H2,1-6H3,(H2,62,85)(H,64,67)(H,66,87)(H,68,94)(H,69,82)(H,70,86)(H,71,90)(H,72,88)(H,73,93)(H,74,89)(H,75,91)(H,76,92)(H,77,95)(H,83,84)/t32-,33+,39-,40-,41-,42-,43-,44-,45-,46-,47-,50-/m0/s1. The van der Waals surface area contributed by atoms with Gasteiger partial charge in [0.25, 0.3) is 0 Å². The van der Waals surface area contributed by atoms with Crippen molar-refractivity contribution in [2.24, 2.45) is 11.7 Å². The number of primary amides is 1. The van der Waals surface area contributed by atoms with Gasteiger partial charge in [-0.1, -0.05) is 72.2 Å². The molecule has 12 atom stereocenters. The van der Waals surface area contributed by atoms with Gasteiger partial charge in [-0.2, -0.15) is 0 Å². The molecule has 12 amide bonds. The van der Waals surface area contributed by atoms with Crippen LogP contribution in [0.2, 0.25) is 0 Å². The van der Waals surface area contributed by atoms with Crippen molar-refractivity contribution in [1.82, 2.24) is 93.7 Å². The smallest absolute Gasteiger partial charge is 0.303 e. The van der Waals surface area contributed by atoms with E-state index in [2.05, 4.69) is 89.1 Å². The molecule has 0 unspecified atom stereocenters. The Morgan fingerprint density at radius 3 is 2.03 bits per heavy atom. The number of aromatic amines is 2. The van der Waals surface area contributed by atoms with E-state index in [0.717, 1.165) is 21.6 Å². The number of hydrogen-bond acceptors (Lipinski definition) is 20. The van der Waals surface area contributed by atoms with Gasteiger partial charge in [0, 0.05) is 72.5 Å². The first-order valence-corrected chi connectivity index (χ1v) is 34.5. The number of aryl methyl sites for hydroxylation is 2. The van der Waals surface area contributed by atoms with Crippen LogP contribution in [0.5, 0.6) is 0 Å². The van der Waals surface area contributed by atoms with Crippen molar-refractivity contribution in [1.29, 1.82) is 0 Å². The molecule has 530 valence electrons. The summed E-state index contributed by atoms with van der Waals surface area (Å²) in [5.41, 5.74) is 7.53. The number of carbonyl (C=O) groups is 13. The maximum absolute atomic E-state index is 15.1. The van der Waals surface area contributed by atoms with Crippen LogP contribution >= 0.6 is 21.6 Å². The number of likely N-dealkylation sites (N-methyl/N-ethyl adjacent to an activating group) is 1. The zero-order valence-corrected chi connectivity index (χ0v) is 56.5. The Bertz CT molecular complexity index is 3400. The van der Waals surface area contributed by atoms with Crippen LogP contribution in [0.25, 0.3) is 10.9 Å². The highest BCUT2D eigenvalue weighted by Gasteiger charge is 2.37. The van der Waals surface area contributed by atoms with Crippen LogP contribution < -0.4 is 69.5 Å². The minimum atomic E-state index is -1.63. The molecule has 5 heterocycles. The molecule has 36 heteroatoms. The number of nitrogens with one attached hydrogen (secondary N) is 14. The molecule has 0 saturated carbocycles. The van der Waals surface area contributed by atoms with Gasteiger partial charge < -0.3 is 89.7 Å². The third kappa shape index (κ3) is 24.2. The van der Waals surface area contributed by atoms with Crippen LogP contribution in [0.3, 0.4) is 0 Å². The molecule has 2 aliphatic rings. The molecule has 0 saturated heterocycles. The highest BCUT2D eigenvalue weighted by atomic mass is 33.1. The van der Waals surface area contributed by atoms with Gasteiger partial charge in [0.1, 0.15) is 60.4 Å². The fourth-order valence-corrected chi connectivity index (χ4v) is 13.0. The van der Waals surface area contributed by atoms with Crippen molar-refractivity contribution in [2.75, 3.05) is 25.1 Å². The average molecular weight is 1390 g/mol. The van der Waals surface area contributed by atoms with Gasteiger partial charge in [-0.25, -0.2) is 4.98 Å². The summed E-state index contributed by atoms with van der Waals surface area (Å²) in [5.74, 6) is -12.7. The van der Waals surface area contributed by atoms with Crippen molar-refractivity contribution >= 4 is 109 Å². The van der Waals surface area contributed by atoms with E-state index in [-0.39, 0.29) is 88.2 Å². The molecule has 0 radical (unpaired) electrons. The van der Waals surface area contributed by atoms with E-state index in [4.69, 9.17) is 5.73 Å². The van der Waals surface area contributed by atoms with E-state index in [9.17, 15) is 67.7 Å². The summed E-state index contributed by atoms with van der Waals surface area (Å²) in [5, 5.41) is 61.2. The molecule has 97 heavy (non-hydrogen) atoms. The zero-order valence-electron chi connectivity index (χ0n) is 54.8. The number of hydrogen-bond donors (Lipinski definition) is 17. The number of rotatable bonds is 16. The SMILES string of the molecule is CCC[C@@H]1NC(=O)[C@H](CCC(=O)O)NC(=O)CNC(=O)[C@H](CC(C)C)NC(=O)[C@H](Cc2cnc[nH]2)NC(=O)[C@@H]2CCc3cn(nn3)CCCC[C@H](NC1=O)C(=O)N[C@@H](Cc1c[nH]c3ccccc13)C(=O)N[C@H](C(=O)N[C@H](C(N)=O)[C@@H](C)O)CSSC[C@H](NC)C(=O)N[C@@H](C)C(=O)N2. The lowest BCUT2D eigenvalue weighted by atomic mass is 10.0. The number of benzene rings is 1. The monoisotopic (exact) mass is 1390 g/mol. The van der Waals surface area contributed by atoms with Gasteiger partial charge in [0.05, 0.1) is 30.7 Å². The number of aliphatic carboxylic acids is 1. The Morgan fingerprint density at radius 2 is 1.36 bits per heavy atom. The lowest BCUT2D eigenvalue weighted by molar-refractivity contribution is -0.138. The van der Waals surface area contributed by atoms with E-state index >= 15 is 4.79 Å². The first kappa shape index (κ1) is 76.9. The third-order valence-corrected chi connectivity index (χ3v) is 18.4. The number of amides is 12. The second-order valence-electron chi connectivity index (χ2n) is 24.2. The fraction of sp³-hybridized carbons (Fsp3) is 0.574. The number of carboxylic acids is 1. The summed E-state index contributed by atoms with van der Waals surface area (Å²) in [6.07, 6.45) is 3.41. The fourth-order valence-electron chi connectivity index (χ4n) is 10.6. The van der Waals surface area contributed by atoms with Crippen LogP contribution in [-0.2, 0) is 88.1 Å². The molecule has 3 aromatic heterocycles. The average Bonchev–Trinajstić information content (AvgIpc) is 1.72. The number of carboxylic acid groups (broad SMARTS) is 1. The first-order valence-electron chi connectivity index (χ1n) is 32.1. The van der Waals surface area contributed by atoms with Crippen molar-refractivity contribution in [3.8, 4) is 0 Å². The van der Waals surface area contributed by atoms with Crippen LogP contribution in [-0.4, -0.2) is 215 Å². The Hall–Kier alpha value is -9.16. The van der Waals surface area contributed by atoms with Crippen LogP contribution in [0.4, 0.5) is 0 Å². The largest absolute Gasteiger partial charge is 0.481 e. The topological polar surface area (TPSA) is 508 Å². The lowest BCUT2D eigenvalue weighted by Crippen LogP contribution is -2.61. The van der Waals surface area contributed by atoms with Crippen molar-refractivity contribution in [3.05, 3.63) is 66.1 Å². The Labute approximate surface area is 566 Å². The number of H-pyrrole nitrogens is 2. The number of aliphatic hydroxyl groups is 1. The van der Waals surface area contributed by atoms with Gasteiger partial charge in [-0.15, -0.1) is 5.10 Å². The van der Waals surface area contributed by atoms with Crippen molar-refractivity contribution in [3.63, 3.8) is 0 Å². The maximum Gasteiger partial charge on any atom is 0.303 e. The minimum Gasteiger partial charge on any atom is -0.481 e. The second kappa shape index (κ2) is 38.0. The first-order chi connectivity index (χ1) is 46.2. The molecule has 18 N–H and O–H groups in total. The summed E-state index contributed by atoms with van der Waals surface area (Å²) in [6, 6.07) is -8.58. The van der Waals surface area contributed by atoms with E-state index in [1.165, 1.54) is 38.1 Å². The summed E-state index contributed by atoms with van der Waals surface area (Å²) >= 11 is 0. The number of aromatic nitrogens is 6. The highest BCUT2D eigenvalue weighted by Crippen LogP contribution is 2.25. The number of imidazole rings is 1. The van der Waals surface area contributed by atoms with E-state index in [1.54, 1.807) is 57.4 Å². The number of aliphatic hydroxyl groups excluding tert-OH is 1. The molecule has 34 nitrogen and oxygen atoms in total. The number of fused-ring (bicyclic) bond motifs is 7. The molecular formula is C61H89N19O15S2. The van der Waals surface area contributed by atoms with E-state index < -0.39 is 169 Å². The third-order valence-electron chi connectivity index (χ3n) is 16.0. The van der Waals surface area contributed by atoms with Crippen LogP contribution in [0.15, 0.2) is 49.2 Å². The van der Waals surface area contributed by atoms with Gasteiger partial charge in [0.2, 0.25) is 70.9 Å². The molecule has 0 fully saturated rings. The molecule has 2 aliphatic heterocycles. The summed E-state index contributed by atoms with van der Waals surface area (Å²) in [7, 11) is 3.56. The predicted octanol–water partition coefficient (Wildman–Crippen LogP) is -3.37. The van der Waals surface area contributed by atoms with Crippen molar-refractivity contribution < 1.29 is 72.5 Å². The Kier molecular flexibility index (Phi) is 30.1. The lowest BCUT2D eigenvalue weighted by Gasteiger charge is -2.28. The number of nitrogens with zero attached hydrogens (tertiary/aromatic N) is 4. The second-order valence-corrected chi connectivity index (χ2v) is 26.8. The number of para-hydroxylation sites is 1. The van der Waals surface area contributed by atoms with Crippen molar-refractivity contribution in [2.45, 2.75) is 191 Å². The normalized spacial score (nSPS) is 24.9. The summed E-state index contributed by atoms with van der Waals surface area (Å²) < 4.78 is 1.49. The van der Waals surface area contributed by atoms with E-state index in [0.29, 0.717) is 27.9 Å². The molecular weight excluding hydrogens is 1300 g/mol. The van der Waals surface area contributed by atoms with Gasteiger partial charge in [0.15, 0.2) is 0 Å². The predicted molar refractivity (Wildman–Crippen MR) is 354 cm³/mol. The van der Waals surface area contributed by atoms with Crippen LogP contribution in [0.1, 0.15) is 109 Å². The molecule has 0 aliphatic carbocycles. The number of carbonyl (C=O) groups excluding carboxylic acids is 12. The highest BCUT2D eigenvalue weighted by molar-refractivity contribution is 8.76. The Morgan fingerprint density at radius 1 is 0.722 bits per heavy atom. The zero-order chi connectivity index (χ0) is 70.9. The summed E-state index contributed by atoms with van der Waals surface area (Å²) in [4.78, 5) is 193. The maximum atomic E-state index is 15.1.